The number of thiazole rings is 1. The lowest BCUT2D eigenvalue weighted by molar-refractivity contribution is -0.144. The van der Waals surface area contributed by atoms with Gasteiger partial charge >= 0.3 is 12.0 Å². The number of rotatable bonds is 7. The van der Waals surface area contributed by atoms with E-state index >= 15 is 0 Å². The largest absolute Gasteiger partial charge is 0.465 e. The fourth-order valence-corrected chi connectivity index (χ4v) is 5.05. The van der Waals surface area contributed by atoms with Gasteiger partial charge in [0.1, 0.15) is 5.82 Å². The molecule has 0 atom stereocenters. The van der Waals surface area contributed by atoms with Gasteiger partial charge in [-0.1, -0.05) is 12.1 Å². The van der Waals surface area contributed by atoms with Crippen LogP contribution in [0.15, 0.2) is 42.6 Å². The number of anilines is 2. The molecule has 1 aliphatic heterocycles. The number of halogens is 3. The lowest BCUT2D eigenvalue weighted by Crippen LogP contribution is -2.37. The fraction of sp³-hybridized carbons (Fsp3) is 0.320. The van der Waals surface area contributed by atoms with Crippen molar-refractivity contribution in [2.24, 2.45) is 0 Å². The van der Waals surface area contributed by atoms with Gasteiger partial charge in [0.2, 0.25) is 0 Å². The molecule has 36 heavy (non-hydrogen) atoms. The Balaban J connectivity index is 1.31. The summed E-state index contributed by atoms with van der Waals surface area (Å²) in [6.45, 7) is 4.13. The Bertz CT molecular complexity index is 1230. The van der Waals surface area contributed by atoms with E-state index in [-0.39, 0.29) is 5.97 Å². The lowest BCUT2D eigenvalue weighted by Gasteiger charge is -2.30. The fourth-order valence-electron chi connectivity index (χ4n) is 3.96. The van der Waals surface area contributed by atoms with Crippen molar-refractivity contribution in [2.75, 3.05) is 36.9 Å². The molecule has 2 heterocycles. The van der Waals surface area contributed by atoms with Crippen LogP contribution in [-0.4, -0.2) is 48.1 Å². The number of carbonyl (C=O) groups is 2. The number of hydrogen-bond donors (Lipinski definition) is 2. The first-order chi connectivity index (χ1) is 17.3. The topological polar surface area (TPSA) is 83.6 Å². The van der Waals surface area contributed by atoms with E-state index in [0.717, 1.165) is 41.4 Å². The molecule has 11 heteroatoms. The highest BCUT2D eigenvalue weighted by atomic mass is 32.1. The van der Waals surface area contributed by atoms with Crippen molar-refractivity contribution < 1.29 is 27.5 Å². The molecule has 0 aliphatic carbocycles. The summed E-state index contributed by atoms with van der Waals surface area (Å²) in [4.78, 5) is 31.5. The van der Waals surface area contributed by atoms with Gasteiger partial charge in [-0.05, 0) is 50.6 Å². The van der Waals surface area contributed by atoms with Gasteiger partial charge in [0.25, 0.3) is 0 Å². The van der Waals surface area contributed by atoms with E-state index in [1.807, 2.05) is 18.3 Å². The SMILES string of the molecule is CCOC(=O)CN1CCC(c2ncc(-c3ccc(NC(=O)Nc4cc(F)c(F)cc4F)cc3)s2)CC1. The molecule has 0 spiro atoms. The summed E-state index contributed by atoms with van der Waals surface area (Å²) >= 11 is 1.61. The van der Waals surface area contributed by atoms with Crippen LogP contribution < -0.4 is 10.6 Å². The van der Waals surface area contributed by atoms with Crippen molar-refractivity contribution in [1.82, 2.24) is 9.88 Å². The normalized spacial score (nSPS) is 14.4. The maximum atomic E-state index is 13.7. The predicted molar refractivity (Wildman–Crippen MR) is 132 cm³/mol. The summed E-state index contributed by atoms with van der Waals surface area (Å²) in [5.74, 6) is -3.53. The molecule has 2 amide bonds. The molecule has 2 aromatic carbocycles. The zero-order chi connectivity index (χ0) is 25.7. The summed E-state index contributed by atoms with van der Waals surface area (Å²) < 4.78 is 45.1. The van der Waals surface area contributed by atoms with Crippen LogP contribution >= 0.6 is 11.3 Å². The maximum absolute atomic E-state index is 13.7. The van der Waals surface area contributed by atoms with Crippen molar-refractivity contribution in [3.63, 3.8) is 0 Å². The predicted octanol–water partition coefficient (Wildman–Crippen LogP) is 5.61. The third-order valence-electron chi connectivity index (χ3n) is 5.80. The number of nitrogens with zero attached hydrogens (tertiary/aromatic N) is 2. The van der Waals surface area contributed by atoms with E-state index in [1.54, 1.807) is 30.4 Å². The number of likely N-dealkylation sites (tertiary alicyclic amines) is 1. The molecular formula is C25H25F3N4O3S. The van der Waals surface area contributed by atoms with E-state index < -0.39 is 29.2 Å². The van der Waals surface area contributed by atoms with Crippen LogP contribution in [-0.2, 0) is 9.53 Å². The van der Waals surface area contributed by atoms with E-state index in [4.69, 9.17) is 4.74 Å². The highest BCUT2D eigenvalue weighted by Crippen LogP contribution is 2.35. The summed E-state index contributed by atoms with van der Waals surface area (Å²) in [6, 6.07) is 7.18. The number of ether oxygens (including phenoxy) is 1. The Morgan fingerprint density at radius 1 is 1.06 bits per heavy atom. The van der Waals surface area contributed by atoms with Crippen LogP contribution in [0.1, 0.15) is 30.7 Å². The van der Waals surface area contributed by atoms with Gasteiger partial charge in [0, 0.05) is 29.9 Å². The van der Waals surface area contributed by atoms with Gasteiger partial charge < -0.3 is 15.4 Å². The smallest absolute Gasteiger partial charge is 0.323 e. The van der Waals surface area contributed by atoms with E-state index in [0.29, 0.717) is 36.9 Å². The summed E-state index contributed by atoms with van der Waals surface area (Å²) in [5.41, 5.74) is 0.904. The molecule has 3 aromatic rings. The second kappa shape index (κ2) is 11.5. The summed E-state index contributed by atoms with van der Waals surface area (Å²) in [6.07, 6.45) is 3.66. The number of amides is 2. The maximum Gasteiger partial charge on any atom is 0.323 e. The van der Waals surface area contributed by atoms with Crippen LogP contribution in [0, 0.1) is 17.5 Å². The van der Waals surface area contributed by atoms with E-state index in [2.05, 4.69) is 20.5 Å². The van der Waals surface area contributed by atoms with E-state index in [9.17, 15) is 22.8 Å². The first kappa shape index (κ1) is 25.6. The van der Waals surface area contributed by atoms with Crippen LogP contribution in [0.3, 0.4) is 0 Å². The highest BCUT2D eigenvalue weighted by molar-refractivity contribution is 7.15. The van der Waals surface area contributed by atoms with Crippen molar-refractivity contribution in [2.45, 2.75) is 25.7 Å². The van der Waals surface area contributed by atoms with Crippen LogP contribution in [0.5, 0.6) is 0 Å². The minimum atomic E-state index is -1.33. The monoisotopic (exact) mass is 518 g/mol. The number of urea groups is 1. The average Bonchev–Trinajstić information content (AvgIpc) is 3.34. The zero-order valence-corrected chi connectivity index (χ0v) is 20.3. The van der Waals surface area contributed by atoms with Gasteiger partial charge in [0.05, 0.1) is 28.7 Å². The van der Waals surface area contributed by atoms with Gasteiger partial charge in [0.15, 0.2) is 11.6 Å². The van der Waals surface area contributed by atoms with Crippen molar-refractivity contribution in [3.05, 3.63) is 65.1 Å². The van der Waals surface area contributed by atoms with Crippen LogP contribution in [0.4, 0.5) is 29.3 Å². The molecule has 4 rings (SSSR count). The lowest BCUT2D eigenvalue weighted by atomic mass is 9.97. The third kappa shape index (κ3) is 6.41. The number of hydrogen-bond acceptors (Lipinski definition) is 6. The van der Waals surface area contributed by atoms with Crippen LogP contribution in [0.2, 0.25) is 0 Å². The molecule has 1 aromatic heterocycles. The average molecular weight is 519 g/mol. The highest BCUT2D eigenvalue weighted by Gasteiger charge is 2.24. The molecule has 1 fully saturated rings. The number of benzene rings is 2. The Kier molecular flexibility index (Phi) is 8.21. The Morgan fingerprint density at radius 3 is 2.44 bits per heavy atom. The second-order valence-corrected chi connectivity index (χ2v) is 9.38. The zero-order valence-electron chi connectivity index (χ0n) is 19.5. The quantitative estimate of drug-likeness (QED) is 0.314. The second-order valence-electron chi connectivity index (χ2n) is 8.32. The first-order valence-electron chi connectivity index (χ1n) is 11.5. The van der Waals surface area contributed by atoms with Crippen LogP contribution in [0.25, 0.3) is 10.4 Å². The van der Waals surface area contributed by atoms with Crippen molar-refractivity contribution in [1.29, 1.82) is 0 Å². The number of aromatic nitrogens is 1. The molecule has 1 aliphatic rings. The number of esters is 1. The molecule has 1 saturated heterocycles. The van der Waals surface area contributed by atoms with Gasteiger partial charge in [-0.15, -0.1) is 11.3 Å². The molecular weight excluding hydrogens is 493 g/mol. The minimum Gasteiger partial charge on any atom is -0.465 e. The number of carbonyl (C=O) groups excluding carboxylic acids is 2. The summed E-state index contributed by atoms with van der Waals surface area (Å²) in [5, 5.41) is 5.75. The third-order valence-corrected chi connectivity index (χ3v) is 7.01. The standard InChI is InChI=1S/C25H25F3N4O3S/c1-2-35-23(33)14-32-9-7-16(8-10-32)24-29-13-22(36-24)15-3-5-17(6-4-15)30-25(34)31-21-12-19(27)18(26)11-20(21)28/h3-6,11-13,16H,2,7-10,14H2,1H3,(H2,30,31,34). The first-order valence-corrected chi connectivity index (χ1v) is 12.3. The van der Waals surface area contributed by atoms with E-state index in [1.165, 1.54) is 0 Å². The van der Waals surface area contributed by atoms with Gasteiger partial charge in [-0.2, -0.15) is 0 Å². The van der Waals surface area contributed by atoms with Crippen molar-refractivity contribution in [3.8, 4) is 10.4 Å². The van der Waals surface area contributed by atoms with Crippen molar-refractivity contribution >= 4 is 34.7 Å². The van der Waals surface area contributed by atoms with Gasteiger partial charge in [-0.25, -0.2) is 22.9 Å². The van der Waals surface area contributed by atoms with Gasteiger partial charge in [-0.3, -0.25) is 9.69 Å². The molecule has 2 N–H and O–H groups in total. The summed E-state index contributed by atoms with van der Waals surface area (Å²) in [7, 11) is 0. The molecule has 0 bridgehead atoms. The molecule has 7 nitrogen and oxygen atoms in total. The minimum absolute atomic E-state index is 0.195. The number of piperidine rings is 1. The molecule has 0 saturated carbocycles. The molecule has 190 valence electrons. The Labute approximate surface area is 210 Å². The Hall–Kier alpha value is -3.44. The molecule has 0 unspecified atom stereocenters. The molecule has 0 radical (unpaired) electrons. The number of nitrogens with one attached hydrogen (secondary N) is 2. The Morgan fingerprint density at radius 2 is 1.75 bits per heavy atom.